The normalized spacial score (nSPS) is 12.4. The van der Waals surface area contributed by atoms with Gasteiger partial charge in [0.1, 0.15) is 17.5 Å². The Morgan fingerprint density at radius 2 is 2.06 bits per heavy atom. The van der Waals surface area contributed by atoms with Gasteiger partial charge < -0.3 is 4.74 Å². The van der Waals surface area contributed by atoms with E-state index in [-0.39, 0.29) is 28.7 Å². The molecule has 0 spiro atoms. The molecule has 1 aromatic heterocycles. The minimum absolute atomic E-state index is 0.0792. The summed E-state index contributed by atoms with van der Waals surface area (Å²) in [6, 6.07) is 2.36. The van der Waals surface area contributed by atoms with E-state index in [2.05, 4.69) is 29.4 Å². The van der Waals surface area contributed by atoms with Gasteiger partial charge in [-0.2, -0.15) is 0 Å². The van der Waals surface area contributed by atoms with Gasteiger partial charge in [-0.3, -0.25) is 24.5 Å². The van der Waals surface area contributed by atoms with Crippen molar-refractivity contribution in [2.75, 3.05) is 28.7 Å². The Morgan fingerprint density at radius 1 is 1.38 bits per heavy atom. The Labute approximate surface area is 194 Å². The molecule has 1 atom stereocenters. The summed E-state index contributed by atoms with van der Waals surface area (Å²) < 4.78 is 32.1. The fraction of sp³-hybridized carbons (Fsp3) is 0.500. The van der Waals surface area contributed by atoms with Gasteiger partial charge >= 0.3 is 0 Å². The molecule has 1 heterocycles. The Morgan fingerprint density at radius 3 is 2.59 bits per heavy atom. The summed E-state index contributed by atoms with van der Waals surface area (Å²) in [4.78, 5) is 23.6. The molecule has 0 bridgehead atoms. The third-order valence-corrected chi connectivity index (χ3v) is 7.68. The summed E-state index contributed by atoms with van der Waals surface area (Å²) in [5.41, 5.74) is -0.433. The molecular formula is C18H25N5O6S3. The first-order chi connectivity index (χ1) is 15.0. The number of anilines is 2. The minimum Gasteiger partial charge on any atom is -0.495 e. The predicted molar refractivity (Wildman–Crippen MR) is 125 cm³/mol. The van der Waals surface area contributed by atoms with Crippen LogP contribution < -0.4 is 14.4 Å². The molecule has 0 unspecified atom stereocenters. The van der Waals surface area contributed by atoms with Crippen LogP contribution in [-0.2, 0) is 14.8 Å². The second-order valence-corrected chi connectivity index (χ2v) is 11.3. The van der Waals surface area contributed by atoms with Crippen molar-refractivity contribution in [2.24, 2.45) is 5.92 Å². The standard InChI is InChI=1S/C18H25N5O6S3/c1-6-13(16(24)19-17-20-21-18(31-17)30-10-11(2)3)22(32(5,27)28)14-9-12(23(25)26)7-8-15(14)29-4/h7-9,11,13H,6,10H2,1-5H3,(H,19,20,24)/t13-/m1/s1. The number of sulfonamides is 1. The number of ether oxygens (including phenoxy) is 1. The van der Waals surface area contributed by atoms with Crippen LogP contribution in [0.5, 0.6) is 5.75 Å². The quantitative estimate of drug-likeness (QED) is 0.211. The van der Waals surface area contributed by atoms with E-state index in [0.29, 0.717) is 10.3 Å². The molecule has 0 aliphatic rings. The molecule has 0 radical (unpaired) electrons. The zero-order valence-corrected chi connectivity index (χ0v) is 20.7. The monoisotopic (exact) mass is 503 g/mol. The molecule has 32 heavy (non-hydrogen) atoms. The summed E-state index contributed by atoms with van der Waals surface area (Å²) in [5, 5.41) is 22.1. The topological polar surface area (TPSA) is 145 Å². The van der Waals surface area contributed by atoms with Crippen molar-refractivity contribution in [3.63, 3.8) is 0 Å². The van der Waals surface area contributed by atoms with Crippen molar-refractivity contribution in [3.8, 4) is 5.75 Å². The maximum Gasteiger partial charge on any atom is 0.271 e. The van der Waals surface area contributed by atoms with Gasteiger partial charge in [0, 0.05) is 17.9 Å². The lowest BCUT2D eigenvalue weighted by molar-refractivity contribution is -0.384. The number of hydrogen-bond acceptors (Lipinski definition) is 10. The van der Waals surface area contributed by atoms with E-state index in [1.807, 2.05) is 0 Å². The molecule has 0 saturated carbocycles. The Balaban J connectivity index is 2.39. The summed E-state index contributed by atoms with van der Waals surface area (Å²) >= 11 is 2.70. The van der Waals surface area contributed by atoms with E-state index in [9.17, 15) is 23.3 Å². The average Bonchev–Trinajstić information content (AvgIpc) is 3.16. The zero-order valence-electron chi connectivity index (χ0n) is 18.3. The minimum atomic E-state index is -4.02. The highest BCUT2D eigenvalue weighted by Gasteiger charge is 2.35. The maximum absolute atomic E-state index is 13.0. The highest BCUT2D eigenvalue weighted by Crippen LogP contribution is 2.36. The second-order valence-electron chi connectivity index (χ2n) is 7.16. The largest absolute Gasteiger partial charge is 0.495 e. The average molecular weight is 504 g/mol. The van der Waals surface area contributed by atoms with Gasteiger partial charge in [-0.15, -0.1) is 10.2 Å². The maximum atomic E-state index is 13.0. The van der Waals surface area contributed by atoms with Crippen LogP contribution in [0.15, 0.2) is 22.5 Å². The molecule has 1 aromatic carbocycles. The van der Waals surface area contributed by atoms with Crippen LogP contribution in [-0.4, -0.2) is 54.6 Å². The number of nitro groups is 1. The number of carbonyl (C=O) groups is 1. The number of aromatic nitrogens is 2. The molecule has 2 rings (SSSR count). The number of methoxy groups -OCH3 is 1. The van der Waals surface area contributed by atoms with Crippen LogP contribution in [0.4, 0.5) is 16.5 Å². The van der Waals surface area contributed by atoms with Crippen molar-refractivity contribution in [3.05, 3.63) is 28.3 Å². The van der Waals surface area contributed by atoms with E-state index >= 15 is 0 Å². The van der Waals surface area contributed by atoms with Crippen LogP contribution in [0, 0.1) is 16.0 Å². The number of nitrogens with one attached hydrogen (secondary N) is 1. The van der Waals surface area contributed by atoms with Gasteiger partial charge in [0.2, 0.25) is 21.1 Å². The molecule has 0 aliphatic carbocycles. The second kappa shape index (κ2) is 10.9. The van der Waals surface area contributed by atoms with E-state index in [4.69, 9.17) is 4.74 Å². The lowest BCUT2D eigenvalue weighted by Gasteiger charge is -2.30. The fourth-order valence-corrected chi connectivity index (χ4v) is 5.68. The summed E-state index contributed by atoms with van der Waals surface area (Å²) in [5.74, 6) is 0.743. The number of rotatable bonds is 11. The lowest BCUT2D eigenvalue weighted by Crippen LogP contribution is -2.47. The van der Waals surface area contributed by atoms with Crippen molar-refractivity contribution in [1.29, 1.82) is 0 Å². The van der Waals surface area contributed by atoms with Crippen molar-refractivity contribution in [1.82, 2.24) is 10.2 Å². The Bertz CT molecular complexity index is 1070. The van der Waals surface area contributed by atoms with E-state index in [0.717, 1.165) is 22.4 Å². The van der Waals surface area contributed by atoms with Gasteiger partial charge in [0.25, 0.3) is 5.69 Å². The number of carbonyl (C=O) groups excluding carboxylic acids is 1. The van der Waals surface area contributed by atoms with Crippen LogP contribution in [0.25, 0.3) is 0 Å². The van der Waals surface area contributed by atoms with Crippen molar-refractivity contribution in [2.45, 2.75) is 37.6 Å². The van der Waals surface area contributed by atoms with Gasteiger partial charge in [-0.1, -0.05) is 43.9 Å². The van der Waals surface area contributed by atoms with Crippen molar-refractivity contribution < 1.29 is 22.9 Å². The number of amides is 1. The molecule has 1 amide bonds. The van der Waals surface area contributed by atoms with E-state index in [1.165, 1.54) is 42.3 Å². The molecule has 0 aliphatic heterocycles. The molecule has 2 aromatic rings. The number of benzene rings is 1. The third kappa shape index (κ3) is 6.53. The van der Waals surface area contributed by atoms with Crippen LogP contribution in [0.1, 0.15) is 27.2 Å². The van der Waals surface area contributed by atoms with Gasteiger partial charge in [-0.25, -0.2) is 8.42 Å². The first kappa shape index (κ1) is 25.8. The summed E-state index contributed by atoms with van der Waals surface area (Å²) in [6.07, 6.45) is 1.02. The van der Waals surface area contributed by atoms with Crippen molar-refractivity contribution >= 4 is 55.5 Å². The third-order valence-electron chi connectivity index (χ3n) is 4.12. The molecule has 0 fully saturated rings. The van der Waals surface area contributed by atoms with E-state index in [1.54, 1.807) is 6.92 Å². The highest BCUT2D eigenvalue weighted by atomic mass is 32.2. The predicted octanol–water partition coefficient (Wildman–Crippen LogP) is 3.39. The summed E-state index contributed by atoms with van der Waals surface area (Å²) in [6.45, 7) is 5.78. The number of nitro benzene ring substituents is 1. The van der Waals surface area contributed by atoms with E-state index < -0.39 is 26.9 Å². The zero-order chi connectivity index (χ0) is 24.1. The van der Waals surface area contributed by atoms with Gasteiger partial charge in [0.05, 0.1) is 18.3 Å². The fourth-order valence-electron chi connectivity index (χ4n) is 2.74. The first-order valence-electron chi connectivity index (χ1n) is 9.56. The lowest BCUT2D eigenvalue weighted by atomic mass is 10.1. The number of non-ortho nitro benzene ring substituents is 1. The van der Waals surface area contributed by atoms with Crippen LogP contribution >= 0.6 is 23.1 Å². The molecule has 0 saturated heterocycles. The SMILES string of the molecule is CC[C@H](C(=O)Nc1nnc(SCC(C)C)s1)N(c1cc([N+](=O)[O-])ccc1OC)S(C)(=O)=O. The van der Waals surface area contributed by atoms with Crippen LogP contribution in [0.2, 0.25) is 0 Å². The molecule has 1 N–H and O–H groups in total. The number of hydrogen-bond donors (Lipinski definition) is 1. The summed E-state index contributed by atoms with van der Waals surface area (Å²) in [7, 11) is -2.71. The van der Waals surface area contributed by atoms with Gasteiger partial charge in [-0.05, 0) is 18.4 Å². The molecule has 176 valence electrons. The molecular weight excluding hydrogens is 478 g/mol. The first-order valence-corrected chi connectivity index (χ1v) is 13.2. The number of nitrogens with zero attached hydrogens (tertiary/aromatic N) is 4. The molecule has 11 nitrogen and oxygen atoms in total. The Kier molecular flexibility index (Phi) is 8.81. The smallest absolute Gasteiger partial charge is 0.271 e. The Hall–Kier alpha value is -2.45. The number of thioether (sulfide) groups is 1. The van der Waals surface area contributed by atoms with Gasteiger partial charge in [0.15, 0.2) is 4.34 Å². The highest BCUT2D eigenvalue weighted by molar-refractivity contribution is 8.01. The molecule has 14 heteroatoms. The van der Waals surface area contributed by atoms with Crippen LogP contribution in [0.3, 0.4) is 0 Å².